The van der Waals surface area contributed by atoms with Crippen LogP contribution in [-0.4, -0.2) is 20.3 Å². The van der Waals surface area contributed by atoms with Crippen molar-refractivity contribution in [1.82, 2.24) is 13.7 Å². The van der Waals surface area contributed by atoms with Gasteiger partial charge >= 0.3 is 5.69 Å². The van der Waals surface area contributed by atoms with Crippen LogP contribution in [0, 0.1) is 6.92 Å². The van der Waals surface area contributed by atoms with Gasteiger partial charge in [0.05, 0.1) is 35.5 Å². The summed E-state index contributed by atoms with van der Waals surface area (Å²) >= 11 is 0. The van der Waals surface area contributed by atoms with Crippen LogP contribution in [-0.2, 0) is 32.0 Å². The summed E-state index contributed by atoms with van der Waals surface area (Å²) in [6, 6.07) is 8.12. The van der Waals surface area contributed by atoms with Gasteiger partial charge in [-0.15, -0.1) is 0 Å². The topological polar surface area (TPSA) is 58.2 Å². The summed E-state index contributed by atoms with van der Waals surface area (Å²) in [6.07, 6.45) is 0. The molecule has 0 bridgehead atoms. The number of ether oxygens (including phenoxy) is 1. The Morgan fingerprint density at radius 1 is 1.04 bits per heavy atom. The normalized spacial score (nSPS) is 14.1. The highest BCUT2D eigenvalue weighted by atomic mass is 16.5. The van der Waals surface area contributed by atoms with E-state index < -0.39 is 0 Å². The first-order valence-electron chi connectivity index (χ1n) is 7.96. The SMILES string of the molecule is Cc1ccc(-c2c3c(=O)n(C)c(=O)n(C)c3c3n2CCOC3)cc1. The second-order valence-corrected chi connectivity index (χ2v) is 6.29. The average Bonchev–Trinajstić information content (AvgIpc) is 2.94. The van der Waals surface area contributed by atoms with Gasteiger partial charge in [-0.25, -0.2) is 4.79 Å². The highest BCUT2D eigenvalue weighted by molar-refractivity contribution is 5.96. The summed E-state index contributed by atoms with van der Waals surface area (Å²) in [7, 11) is 3.23. The van der Waals surface area contributed by atoms with Gasteiger partial charge in [0.1, 0.15) is 0 Å². The number of benzene rings is 1. The number of hydrogen-bond acceptors (Lipinski definition) is 3. The van der Waals surface area contributed by atoms with Gasteiger partial charge in [-0.2, -0.15) is 0 Å². The molecule has 2 aromatic heterocycles. The lowest BCUT2D eigenvalue weighted by atomic mass is 10.1. The maximum absolute atomic E-state index is 12.9. The zero-order valence-corrected chi connectivity index (χ0v) is 14.0. The second kappa shape index (κ2) is 5.21. The lowest BCUT2D eigenvalue weighted by molar-refractivity contribution is 0.0864. The average molecular weight is 325 g/mol. The Balaban J connectivity index is 2.23. The van der Waals surface area contributed by atoms with Crippen LogP contribution in [0.1, 0.15) is 11.3 Å². The van der Waals surface area contributed by atoms with Gasteiger partial charge in [0.15, 0.2) is 0 Å². The molecule has 124 valence electrons. The van der Waals surface area contributed by atoms with E-state index in [2.05, 4.69) is 4.57 Å². The molecule has 0 aliphatic carbocycles. The summed E-state index contributed by atoms with van der Waals surface area (Å²) in [6.45, 7) is 3.71. The van der Waals surface area contributed by atoms with Crippen molar-refractivity contribution in [2.45, 2.75) is 20.1 Å². The number of nitrogens with zero attached hydrogens (tertiary/aromatic N) is 3. The van der Waals surface area contributed by atoms with E-state index in [9.17, 15) is 9.59 Å². The highest BCUT2D eigenvalue weighted by Crippen LogP contribution is 2.33. The van der Waals surface area contributed by atoms with Crippen molar-refractivity contribution >= 4 is 10.9 Å². The highest BCUT2D eigenvalue weighted by Gasteiger charge is 2.26. The third kappa shape index (κ3) is 1.93. The predicted octanol–water partition coefficient (Wildman–Crippen LogP) is 1.54. The van der Waals surface area contributed by atoms with E-state index in [1.54, 1.807) is 11.6 Å². The fourth-order valence-electron chi connectivity index (χ4n) is 3.52. The van der Waals surface area contributed by atoms with E-state index in [4.69, 9.17) is 4.74 Å². The van der Waals surface area contributed by atoms with Crippen LogP contribution < -0.4 is 11.2 Å². The Morgan fingerprint density at radius 3 is 2.46 bits per heavy atom. The first-order valence-corrected chi connectivity index (χ1v) is 7.96. The minimum absolute atomic E-state index is 0.259. The molecule has 1 aliphatic heterocycles. The molecule has 0 saturated heterocycles. The van der Waals surface area contributed by atoms with Crippen molar-refractivity contribution in [1.29, 1.82) is 0 Å². The number of hydrogen-bond donors (Lipinski definition) is 0. The van der Waals surface area contributed by atoms with Crippen LogP contribution >= 0.6 is 0 Å². The predicted molar refractivity (Wildman–Crippen MR) is 92.2 cm³/mol. The van der Waals surface area contributed by atoms with Gasteiger partial charge in [0, 0.05) is 20.6 Å². The lowest BCUT2D eigenvalue weighted by Crippen LogP contribution is -2.36. The van der Waals surface area contributed by atoms with Crippen molar-refractivity contribution in [3.63, 3.8) is 0 Å². The zero-order valence-electron chi connectivity index (χ0n) is 14.0. The Morgan fingerprint density at radius 2 is 1.75 bits per heavy atom. The molecule has 0 unspecified atom stereocenters. The molecule has 24 heavy (non-hydrogen) atoms. The largest absolute Gasteiger partial charge is 0.373 e. The van der Waals surface area contributed by atoms with E-state index in [0.717, 1.165) is 22.5 Å². The molecule has 0 saturated carbocycles. The molecule has 0 spiro atoms. The molecule has 0 fully saturated rings. The van der Waals surface area contributed by atoms with Crippen LogP contribution in [0.4, 0.5) is 0 Å². The number of rotatable bonds is 1. The number of fused-ring (bicyclic) bond motifs is 3. The van der Waals surface area contributed by atoms with Crippen LogP contribution in [0.3, 0.4) is 0 Å². The summed E-state index contributed by atoms with van der Waals surface area (Å²) < 4.78 is 10.4. The minimum Gasteiger partial charge on any atom is -0.373 e. The molecule has 6 heteroatoms. The molecule has 1 aliphatic rings. The summed E-state index contributed by atoms with van der Waals surface area (Å²) in [5.41, 5.74) is 4.01. The molecule has 1 aromatic carbocycles. The molecule has 0 atom stereocenters. The molecule has 6 nitrogen and oxygen atoms in total. The van der Waals surface area contributed by atoms with Gasteiger partial charge in [-0.1, -0.05) is 29.8 Å². The Hall–Kier alpha value is -2.60. The number of aryl methyl sites for hydroxylation is 2. The molecule has 0 radical (unpaired) electrons. The summed E-state index contributed by atoms with van der Waals surface area (Å²) in [5, 5.41) is 0.587. The summed E-state index contributed by atoms with van der Waals surface area (Å²) in [5.74, 6) is 0. The zero-order chi connectivity index (χ0) is 17.0. The van der Waals surface area contributed by atoms with Crippen LogP contribution in [0.5, 0.6) is 0 Å². The van der Waals surface area contributed by atoms with Crippen molar-refractivity contribution in [2.24, 2.45) is 14.1 Å². The quantitative estimate of drug-likeness (QED) is 0.682. The van der Waals surface area contributed by atoms with Crippen molar-refractivity contribution < 1.29 is 4.74 Å². The van der Waals surface area contributed by atoms with Gasteiger partial charge in [-0.05, 0) is 12.5 Å². The van der Waals surface area contributed by atoms with Gasteiger partial charge in [0.25, 0.3) is 5.56 Å². The number of aromatic nitrogens is 3. The Bertz CT molecular complexity index is 1070. The van der Waals surface area contributed by atoms with E-state index in [-0.39, 0.29) is 11.2 Å². The maximum atomic E-state index is 12.9. The van der Waals surface area contributed by atoms with Crippen LogP contribution in [0.2, 0.25) is 0 Å². The van der Waals surface area contributed by atoms with E-state index in [1.807, 2.05) is 31.2 Å². The Labute approximate surface area is 138 Å². The van der Waals surface area contributed by atoms with Gasteiger partial charge in [0.2, 0.25) is 0 Å². The van der Waals surface area contributed by atoms with E-state index >= 15 is 0 Å². The van der Waals surface area contributed by atoms with Gasteiger partial charge in [-0.3, -0.25) is 13.9 Å². The molecule has 4 rings (SSSR count). The standard InChI is InChI=1S/C18H19N3O3/c1-11-4-6-12(7-5-11)15-14-16(13-10-24-9-8-21(13)15)19(2)18(23)20(3)17(14)22/h4-7H,8-10H2,1-3H3. The first-order chi connectivity index (χ1) is 11.5. The third-order valence-electron chi connectivity index (χ3n) is 4.79. The fourth-order valence-corrected chi connectivity index (χ4v) is 3.52. The molecule has 0 N–H and O–H groups in total. The van der Waals surface area contributed by atoms with Crippen molar-refractivity contribution in [3.05, 3.63) is 56.4 Å². The molecule has 3 heterocycles. The first kappa shape index (κ1) is 15.0. The Kier molecular flexibility index (Phi) is 3.25. The van der Waals surface area contributed by atoms with Gasteiger partial charge < -0.3 is 9.30 Å². The fraction of sp³-hybridized carbons (Fsp3) is 0.333. The van der Waals surface area contributed by atoms with Crippen molar-refractivity contribution in [2.75, 3.05) is 6.61 Å². The third-order valence-corrected chi connectivity index (χ3v) is 4.79. The molecular formula is C18H19N3O3. The van der Waals surface area contributed by atoms with Crippen LogP contribution in [0.25, 0.3) is 22.2 Å². The smallest absolute Gasteiger partial charge is 0.331 e. The van der Waals surface area contributed by atoms with E-state index in [1.165, 1.54) is 11.6 Å². The second-order valence-electron chi connectivity index (χ2n) is 6.29. The van der Waals surface area contributed by atoms with Crippen LogP contribution in [0.15, 0.2) is 33.9 Å². The van der Waals surface area contributed by atoms with E-state index in [0.29, 0.717) is 30.7 Å². The lowest BCUT2D eigenvalue weighted by Gasteiger charge is -2.19. The minimum atomic E-state index is -0.318. The molecule has 3 aromatic rings. The maximum Gasteiger partial charge on any atom is 0.331 e. The molecular weight excluding hydrogens is 306 g/mol. The summed E-state index contributed by atoms with van der Waals surface area (Å²) in [4.78, 5) is 25.2. The molecule has 0 amide bonds. The van der Waals surface area contributed by atoms with Crippen molar-refractivity contribution in [3.8, 4) is 11.3 Å². The monoisotopic (exact) mass is 325 g/mol.